The van der Waals surface area contributed by atoms with Gasteiger partial charge in [0.1, 0.15) is 0 Å². The van der Waals surface area contributed by atoms with Gasteiger partial charge in [0.05, 0.1) is 11.7 Å². The van der Waals surface area contributed by atoms with Crippen molar-refractivity contribution < 1.29 is 4.79 Å². The van der Waals surface area contributed by atoms with Crippen LogP contribution in [0.1, 0.15) is 54.6 Å². The van der Waals surface area contributed by atoms with Gasteiger partial charge in [-0.05, 0) is 61.6 Å². The summed E-state index contributed by atoms with van der Waals surface area (Å²) in [6, 6.07) is 11.9. The maximum atomic E-state index is 12.1. The Labute approximate surface area is 198 Å². The standard InChI is InChI=1S/C27H37N5O/c1-3-26(33)32-15-13-31(14-16-32)24-10-5-8-21-18-29-22(17-23(21)24)19-30(2)25-11-4-7-20-9-6-12-28-27(20)25/h5-6,8-10,12,22,25,29H,3-4,7,11,13-19H2,1-2H3/t22-,25+/m1/s1. The number of likely N-dealkylation sites (N-methyl/N-ethyl adjacent to an activating group) is 1. The molecule has 33 heavy (non-hydrogen) atoms. The van der Waals surface area contributed by atoms with Crippen molar-refractivity contribution in [2.45, 2.75) is 57.7 Å². The number of pyridine rings is 1. The SMILES string of the molecule is CCC(=O)N1CCN(c2cccc3c2C[C@H](CN(C)[C@H]2CCCc4cccnc42)NC3)CC1. The Kier molecular flexibility index (Phi) is 6.65. The molecule has 3 aliphatic rings. The highest BCUT2D eigenvalue weighted by Crippen LogP contribution is 2.33. The average molecular weight is 448 g/mol. The minimum absolute atomic E-state index is 0.274. The van der Waals surface area contributed by atoms with E-state index in [0.717, 1.165) is 52.1 Å². The second-order valence-corrected chi connectivity index (χ2v) is 9.81. The van der Waals surface area contributed by atoms with E-state index in [0.29, 0.717) is 18.5 Å². The predicted molar refractivity (Wildman–Crippen MR) is 132 cm³/mol. The number of aromatic nitrogens is 1. The number of nitrogens with one attached hydrogen (secondary N) is 1. The number of fused-ring (bicyclic) bond motifs is 2. The molecular formula is C27H37N5O. The van der Waals surface area contributed by atoms with Crippen LogP contribution in [0.5, 0.6) is 0 Å². The van der Waals surface area contributed by atoms with Crippen LogP contribution in [0.3, 0.4) is 0 Å². The number of aryl methyl sites for hydroxylation is 1. The Bertz CT molecular complexity index is 984. The molecule has 0 radical (unpaired) electrons. The lowest BCUT2D eigenvalue weighted by atomic mass is 9.89. The third kappa shape index (κ3) is 4.64. The van der Waals surface area contributed by atoms with Gasteiger partial charge in [-0.1, -0.05) is 25.1 Å². The topological polar surface area (TPSA) is 51.7 Å². The molecule has 1 fully saturated rings. The molecule has 2 aliphatic heterocycles. The van der Waals surface area contributed by atoms with E-state index in [-0.39, 0.29) is 5.91 Å². The van der Waals surface area contributed by atoms with Crippen molar-refractivity contribution in [1.82, 2.24) is 20.1 Å². The molecule has 1 aromatic heterocycles. The summed E-state index contributed by atoms with van der Waals surface area (Å²) in [7, 11) is 2.27. The molecule has 1 N–H and O–H groups in total. The fourth-order valence-corrected chi connectivity index (χ4v) is 5.93. The van der Waals surface area contributed by atoms with Crippen LogP contribution >= 0.6 is 0 Å². The molecule has 3 heterocycles. The number of carbonyl (C=O) groups excluding carboxylic acids is 1. The lowest BCUT2D eigenvalue weighted by Gasteiger charge is -2.40. The first-order valence-electron chi connectivity index (χ1n) is 12.6. The number of rotatable bonds is 5. The van der Waals surface area contributed by atoms with E-state index >= 15 is 0 Å². The van der Waals surface area contributed by atoms with Crippen LogP contribution in [0.2, 0.25) is 0 Å². The molecule has 176 valence electrons. The van der Waals surface area contributed by atoms with E-state index in [9.17, 15) is 4.79 Å². The number of carbonyl (C=O) groups is 1. The molecule has 5 rings (SSSR count). The van der Waals surface area contributed by atoms with Crippen molar-refractivity contribution in [3.63, 3.8) is 0 Å². The number of nitrogens with zero attached hydrogens (tertiary/aromatic N) is 4. The van der Waals surface area contributed by atoms with E-state index in [4.69, 9.17) is 4.98 Å². The van der Waals surface area contributed by atoms with Crippen LogP contribution in [0.15, 0.2) is 36.5 Å². The summed E-state index contributed by atoms with van der Waals surface area (Å²) in [5, 5.41) is 3.80. The Hall–Kier alpha value is -2.44. The van der Waals surface area contributed by atoms with E-state index in [1.807, 2.05) is 18.0 Å². The first-order valence-corrected chi connectivity index (χ1v) is 12.6. The second kappa shape index (κ2) is 9.82. The van der Waals surface area contributed by atoms with Gasteiger partial charge in [0.25, 0.3) is 0 Å². The van der Waals surface area contributed by atoms with Gasteiger partial charge in [0, 0.05) is 63.6 Å². The zero-order valence-electron chi connectivity index (χ0n) is 20.1. The number of anilines is 1. The normalized spacial score (nSPS) is 22.8. The number of piperazine rings is 1. The summed E-state index contributed by atoms with van der Waals surface area (Å²) in [4.78, 5) is 23.9. The van der Waals surface area contributed by atoms with Crippen LogP contribution in [0.25, 0.3) is 0 Å². The Morgan fingerprint density at radius 2 is 1.97 bits per heavy atom. The summed E-state index contributed by atoms with van der Waals surface area (Å²) in [6.45, 7) is 7.40. The molecule has 2 aromatic rings. The summed E-state index contributed by atoms with van der Waals surface area (Å²) in [5.41, 5.74) is 6.98. The van der Waals surface area contributed by atoms with Gasteiger partial charge in [-0.15, -0.1) is 0 Å². The van der Waals surface area contributed by atoms with Crippen molar-refractivity contribution >= 4 is 11.6 Å². The van der Waals surface area contributed by atoms with Gasteiger partial charge in [0.15, 0.2) is 0 Å². The maximum Gasteiger partial charge on any atom is 0.222 e. The quantitative estimate of drug-likeness (QED) is 0.763. The van der Waals surface area contributed by atoms with Crippen LogP contribution < -0.4 is 10.2 Å². The number of amides is 1. The summed E-state index contributed by atoms with van der Waals surface area (Å²) in [6.07, 6.45) is 7.18. The van der Waals surface area contributed by atoms with Gasteiger partial charge in [-0.3, -0.25) is 14.7 Å². The highest BCUT2D eigenvalue weighted by molar-refractivity contribution is 5.76. The molecule has 6 heteroatoms. The first-order chi connectivity index (χ1) is 16.1. The number of benzene rings is 1. The zero-order valence-corrected chi connectivity index (χ0v) is 20.1. The van der Waals surface area contributed by atoms with Crippen LogP contribution in [-0.4, -0.2) is 66.5 Å². The Morgan fingerprint density at radius 1 is 1.15 bits per heavy atom. The number of hydrogen-bond acceptors (Lipinski definition) is 5. The molecular weight excluding hydrogens is 410 g/mol. The monoisotopic (exact) mass is 447 g/mol. The van der Waals surface area contributed by atoms with Crippen molar-refractivity contribution in [1.29, 1.82) is 0 Å². The Morgan fingerprint density at radius 3 is 2.79 bits per heavy atom. The van der Waals surface area contributed by atoms with Gasteiger partial charge < -0.3 is 15.1 Å². The van der Waals surface area contributed by atoms with E-state index in [1.54, 1.807) is 0 Å². The highest BCUT2D eigenvalue weighted by atomic mass is 16.2. The molecule has 0 saturated carbocycles. The predicted octanol–water partition coefficient (Wildman–Crippen LogP) is 3.16. The summed E-state index contributed by atoms with van der Waals surface area (Å²) in [5.74, 6) is 0.274. The van der Waals surface area contributed by atoms with Crippen molar-refractivity contribution in [2.24, 2.45) is 0 Å². The summed E-state index contributed by atoms with van der Waals surface area (Å²) < 4.78 is 0. The molecule has 1 amide bonds. The molecule has 0 spiro atoms. The number of hydrogen-bond donors (Lipinski definition) is 1. The van der Waals surface area contributed by atoms with E-state index in [1.165, 1.54) is 40.9 Å². The fourth-order valence-electron chi connectivity index (χ4n) is 5.93. The lowest BCUT2D eigenvalue weighted by molar-refractivity contribution is -0.131. The lowest BCUT2D eigenvalue weighted by Crippen LogP contribution is -2.49. The first kappa shape index (κ1) is 22.4. The molecule has 1 saturated heterocycles. The van der Waals surface area contributed by atoms with Gasteiger partial charge in [-0.2, -0.15) is 0 Å². The minimum Gasteiger partial charge on any atom is -0.368 e. The molecule has 2 atom stereocenters. The van der Waals surface area contributed by atoms with Crippen LogP contribution in [-0.2, 0) is 24.2 Å². The van der Waals surface area contributed by atoms with Crippen molar-refractivity contribution in [3.8, 4) is 0 Å². The van der Waals surface area contributed by atoms with E-state index in [2.05, 4.69) is 52.5 Å². The molecule has 0 bridgehead atoms. The van der Waals surface area contributed by atoms with Gasteiger partial charge in [-0.25, -0.2) is 0 Å². The summed E-state index contributed by atoms with van der Waals surface area (Å²) >= 11 is 0. The largest absolute Gasteiger partial charge is 0.368 e. The smallest absolute Gasteiger partial charge is 0.222 e. The highest BCUT2D eigenvalue weighted by Gasteiger charge is 2.29. The molecule has 1 aromatic carbocycles. The fraction of sp³-hybridized carbons (Fsp3) is 0.556. The average Bonchev–Trinajstić information content (AvgIpc) is 2.87. The third-order valence-electron chi connectivity index (χ3n) is 7.76. The second-order valence-electron chi connectivity index (χ2n) is 9.81. The zero-order chi connectivity index (χ0) is 22.8. The third-order valence-corrected chi connectivity index (χ3v) is 7.76. The molecule has 0 unspecified atom stereocenters. The van der Waals surface area contributed by atoms with Crippen LogP contribution in [0, 0.1) is 0 Å². The Balaban J connectivity index is 1.27. The van der Waals surface area contributed by atoms with Gasteiger partial charge in [0.2, 0.25) is 5.91 Å². The van der Waals surface area contributed by atoms with Gasteiger partial charge >= 0.3 is 0 Å². The maximum absolute atomic E-state index is 12.1. The van der Waals surface area contributed by atoms with Crippen molar-refractivity contribution in [2.75, 3.05) is 44.7 Å². The molecule has 6 nitrogen and oxygen atoms in total. The van der Waals surface area contributed by atoms with Crippen molar-refractivity contribution in [3.05, 3.63) is 58.9 Å². The van der Waals surface area contributed by atoms with Crippen LogP contribution in [0.4, 0.5) is 5.69 Å². The minimum atomic E-state index is 0.274. The van der Waals surface area contributed by atoms with E-state index < -0.39 is 0 Å². The molecule has 1 aliphatic carbocycles.